The number of nitrogens with one attached hydrogen (secondary N) is 1. The van der Waals surface area contributed by atoms with Crippen molar-refractivity contribution in [3.8, 4) is 5.75 Å². The van der Waals surface area contributed by atoms with Crippen LogP contribution in [0.1, 0.15) is 87.4 Å². The molecule has 44 heavy (non-hydrogen) atoms. The van der Waals surface area contributed by atoms with Gasteiger partial charge in [0.05, 0.1) is 19.3 Å². The number of nitrogens with zero attached hydrogens (tertiary/aromatic N) is 3. The maximum absolute atomic E-state index is 13.3. The molecule has 1 aromatic heterocycles. The molecule has 0 saturated heterocycles. The first-order chi connectivity index (χ1) is 21.0. The van der Waals surface area contributed by atoms with Crippen LogP contribution >= 0.6 is 0 Å². The normalized spacial score (nSPS) is 15.3. The molecule has 1 aliphatic carbocycles. The molecule has 234 valence electrons. The quantitative estimate of drug-likeness (QED) is 0.236. The lowest BCUT2D eigenvalue weighted by atomic mass is 9.84. The van der Waals surface area contributed by atoms with Gasteiger partial charge in [-0.05, 0) is 82.4 Å². The van der Waals surface area contributed by atoms with Gasteiger partial charge in [0.25, 0.3) is 0 Å². The molecule has 1 N–H and O–H groups in total. The Hall–Kier alpha value is -4.47. The number of amides is 2. The minimum absolute atomic E-state index is 0.204. The van der Waals surface area contributed by atoms with Gasteiger partial charge in [0.1, 0.15) is 23.0 Å². The maximum Gasteiger partial charge on any atom is 0.422 e. The third-order valence-electron chi connectivity index (χ3n) is 7.36. The number of fused-ring (bicyclic) bond motifs is 1. The number of aromatic nitrogens is 1. The molecular weight excluding hydrogens is 560 g/mol. The second kappa shape index (κ2) is 14.3. The van der Waals surface area contributed by atoms with Crippen LogP contribution in [0.2, 0.25) is 0 Å². The van der Waals surface area contributed by atoms with Crippen molar-refractivity contribution in [1.29, 1.82) is 0 Å². The van der Waals surface area contributed by atoms with Crippen LogP contribution in [0.3, 0.4) is 0 Å². The molecular formula is C34H42N4O6. The predicted molar refractivity (Wildman–Crippen MR) is 169 cm³/mol. The lowest BCUT2D eigenvalue weighted by Gasteiger charge is -2.31. The number of pyridine rings is 1. The summed E-state index contributed by atoms with van der Waals surface area (Å²) in [4.78, 5) is 48.7. The van der Waals surface area contributed by atoms with E-state index in [-0.39, 0.29) is 23.6 Å². The number of carbonyl (C=O) groups is 3. The van der Waals surface area contributed by atoms with Crippen LogP contribution in [0.15, 0.2) is 53.4 Å². The van der Waals surface area contributed by atoms with Gasteiger partial charge in [-0.1, -0.05) is 25.5 Å². The highest BCUT2D eigenvalue weighted by Crippen LogP contribution is 2.37. The van der Waals surface area contributed by atoms with Gasteiger partial charge in [0.2, 0.25) is 5.91 Å². The number of allylic oxidation sites excluding steroid dienone is 3. The molecule has 2 heterocycles. The first kappa shape index (κ1) is 32.4. The van der Waals surface area contributed by atoms with E-state index in [0.29, 0.717) is 31.6 Å². The number of imide groups is 1. The van der Waals surface area contributed by atoms with E-state index in [1.165, 1.54) is 7.11 Å². The summed E-state index contributed by atoms with van der Waals surface area (Å²) in [6, 6.07) is 7.26. The second-order valence-corrected chi connectivity index (χ2v) is 11.9. The van der Waals surface area contributed by atoms with Crippen LogP contribution in [0.4, 0.5) is 10.6 Å². The van der Waals surface area contributed by atoms with E-state index < -0.39 is 11.7 Å². The molecule has 0 bridgehead atoms. The second-order valence-electron chi connectivity index (χ2n) is 11.9. The van der Waals surface area contributed by atoms with Gasteiger partial charge in [-0.25, -0.2) is 19.6 Å². The molecule has 1 aromatic carbocycles. The van der Waals surface area contributed by atoms with Gasteiger partial charge < -0.3 is 19.5 Å². The number of aliphatic imine (C=N–C) groups is 1. The van der Waals surface area contributed by atoms with Gasteiger partial charge in [0.15, 0.2) is 0 Å². The van der Waals surface area contributed by atoms with Crippen molar-refractivity contribution in [2.75, 3.05) is 19.0 Å². The largest absolute Gasteiger partial charge is 0.492 e. The van der Waals surface area contributed by atoms with Crippen molar-refractivity contribution < 1.29 is 28.6 Å². The number of ether oxygens (including phenoxy) is 3. The zero-order valence-corrected chi connectivity index (χ0v) is 26.4. The van der Waals surface area contributed by atoms with Gasteiger partial charge in [-0.3, -0.25) is 4.79 Å². The van der Waals surface area contributed by atoms with Gasteiger partial charge in [-0.2, -0.15) is 4.90 Å². The average molecular weight is 603 g/mol. The topological polar surface area (TPSA) is 119 Å². The number of rotatable bonds is 10. The van der Waals surface area contributed by atoms with Crippen molar-refractivity contribution in [2.45, 2.75) is 78.9 Å². The molecule has 4 rings (SSSR count). The lowest BCUT2D eigenvalue weighted by Crippen LogP contribution is -2.44. The van der Waals surface area contributed by atoms with Crippen LogP contribution in [0, 0.1) is 5.92 Å². The Morgan fingerprint density at radius 3 is 2.66 bits per heavy atom. The van der Waals surface area contributed by atoms with E-state index >= 15 is 0 Å². The van der Waals surface area contributed by atoms with Crippen LogP contribution in [-0.4, -0.2) is 53.4 Å². The Bertz CT molecular complexity index is 1480. The summed E-state index contributed by atoms with van der Waals surface area (Å²) < 4.78 is 16.4. The number of benzene rings is 1. The number of hydrogen-bond donors (Lipinski definition) is 1. The highest BCUT2D eigenvalue weighted by molar-refractivity contribution is 5.96. The highest BCUT2D eigenvalue weighted by Gasteiger charge is 2.37. The molecule has 2 amide bonds. The highest BCUT2D eigenvalue weighted by atomic mass is 16.6. The van der Waals surface area contributed by atoms with Crippen molar-refractivity contribution in [3.63, 3.8) is 0 Å². The molecule has 0 spiro atoms. The minimum Gasteiger partial charge on any atom is -0.492 e. The zero-order valence-electron chi connectivity index (χ0n) is 26.4. The fourth-order valence-electron chi connectivity index (χ4n) is 4.87. The molecule has 2 aromatic rings. The average Bonchev–Trinajstić information content (AvgIpc) is 3.44. The van der Waals surface area contributed by atoms with Gasteiger partial charge in [-0.15, -0.1) is 0 Å². The van der Waals surface area contributed by atoms with E-state index in [0.717, 1.165) is 58.0 Å². The van der Waals surface area contributed by atoms with Crippen LogP contribution in [-0.2, 0) is 27.2 Å². The third kappa shape index (κ3) is 7.92. The number of methoxy groups -OCH3 is 1. The summed E-state index contributed by atoms with van der Waals surface area (Å²) >= 11 is 0. The van der Waals surface area contributed by atoms with E-state index in [2.05, 4.69) is 15.3 Å². The Kier molecular flexibility index (Phi) is 10.6. The van der Waals surface area contributed by atoms with E-state index in [4.69, 9.17) is 14.2 Å². The summed E-state index contributed by atoms with van der Waals surface area (Å²) in [6.45, 7) is 10.2. The molecule has 1 aliphatic heterocycles. The molecule has 1 saturated carbocycles. The molecule has 0 radical (unpaired) electrons. The molecule has 10 nitrogen and oxygen atoms in total. The molecule has 2 aliphatic rings. The first-order valence-corrected chi connectivity index (χ1v) is 15.1. The molecule has 10 heteroatoms. The van der Waals surface area contributed by atoms with Crippen LogP contribution in [0.5, 0.6) is 5.75 Å². The summed E-state index contributed by atoms with van der Waals surface area (Å²) in [5.74, 6) is 0.866. The Morgan fingerprint density at radius 2 is 2.00 bits per heavy atom. The molecule has 1 fully saturated rings. The summed E-state index contributed by atoms with van der Waals surface area (Å²) in [6.07, 6.45) is 9.96. The van der Waals surface area contributed by atoms with Crippen molar-refractivity contribution >= 4 is 35.6 Å². The standard InChI is InChI=1S/C34H42N4O6/c1-7-10-28(38(31(39)24-12-9-13-24)33(41)44-34(3,4)5)35-17-15-22(2)27-21-37-30(26-16-18-43-29(26)27)36-20-23-11-8-14-25(19-23)32(40)42-6/h8,10-11,14-15,17,19,21,24H,7,9,12-13,16,18,20H2,1-6H3,(H,36,37)/b22-15+,28-10-,35-17+. The fraction of sp³-hybridized carbons (Fsp3) is 0.441. The zero-order chi connectivity index (χ0) is 31.9. The lowest BCUT2D eigenvalue weighted by molar-refractivity contribution is -0.135. The fourth-order valence-corrected chi connectivity index (χ4v) is 4.87. The van der Waals surface area contributed by atoms with Gasteiger partial charge >= 0.3 is 12.1 Å². The van der Waals surface area contributed by atoms with Crippen molar-refractivity contribution in [2.24, 2.45) is 10.9 Å². The predicted octanol–water partition coefficient (Wildman–Crippen LogP) is 6.70. The minimum atomic E-state index is -0.756. The Morgan fingerprint density at radius 1 is 1.23 bits per heavy atom. The number of hydrogen-bond acceptors (Lipinski definition) is 9. The molecule has 0 unspecified atom stereocenters. The van der Waals surface area contributed by atoms with Gasteiger partial charge in [0, 0.05) is 42.4 Å². The SMILES string of the molecule is CC/C=C(/N=C/C=C(\C)c1cnc(NCc2cccc(C(=O)OC)c2)c2c1OCC2)N(C(=O)OC(C)(C)C)C(=O)C1CCC1. The maximum atomic E-state index is 13.3. The van der Waals surface area contributed by atoms with Crippen molar-refractivity contribution in [3.05, 3.63) is 70.7 Å². The summed E-state index contributed by atoms with van der Waals surface area (Å²) in [5.41, 5.74) is 3.33. The number of anilines is 1. The summed E-state index contributed by atoms with van der Waals surface area (Å²) in [7, 11) is 1.36. The smallest absolute Gasteiger partial charge is 0.422 e. The monoisotopic (exact) mass is 602 g/mol. The Labute approximate surface area is 259 Å². The molecule has 0 atom stereocenters. The number of esters is 1. The van der Waals surface area contributed by atoms with Crippen molar-refractivity contribution in [1.82, 2.24) is 9.88 Å². The third-order valence-corrected chi connectivity index (χ3v) is 7.36. The van der Waals surface area contributed by atoms with E-state index in [1.54, 1.807) is 51.4 Å². The number of carbonyl (C=O) groups excluding carboxylic acids is 3. The van der Waals surface area contributed by atoms with Crippen LogP contribution < -0.4 is 10.1 Å². The van der Waals surface area contributed by atoms with E-state index in [9.17, 15) is 14.4 Å². The van der Waals surface area contributed by atoms with Crippen LogP contribution in [0.25, 0.3) is 5.57 Å². The summed E-state index contributed by atoms with van der Waals surface area (Å²) in [5, 5.41) is 3.37. The van der Waals surface area contributed by atoms with E-state index in [1.807, 2.05) is 32.1 Å². The first-order valence-electron chi connectivity index (χ1n) is 15.1. The Balaban J connectivity index is 1.54.